The summed E-state index contributed by atoms with van der Waals surface area (Å²) in [5.41, 5.74) is 8.43. The Kier molecular flexibility index (Phi) is 5.32. The molecule has 0 fully saturated rings. The Morgan fingerprint density at radius 3 is 2.69 bits per heavy atom. The van der Waals surface area contributed by atoms with E-state index < -0.39 is 0 Å². The van der Waals surface area contributed by atoms with Gasteiger partial charge >= 0.3 is 0 Å². The number of anilines is 4. The van der Waals surface area contributed by atoms with Crippen LogP contribution < -0.4 is 10.6 Å². The fraction of sp³-hybridized carbons (Fsp3) is 0.143. The van der Waals surface area contributed by atoms with E-state index >= 15 is 0 Å². The predicted molar refractivity (Wildman–Crippen MR) is 137 cm³/mol. The molecule has 2 N–H and O–H groups in total. The van der Waals surface area contributed by atoms with Gasteiger partial charge in [-0.05, 0) is 55.0 Å². The van der Waals surface area contributed by atoms with Gasteiger partial charge in [-0.25, -0.2) is 11.6 Å². The number of pyridine rings is 2. The third kappa shape index (κ3) is 4.30. The van der Waals surface area contributed by atoms with E-state index in [1.54, 1.807) is 12.4 Å². The number of fused-ring (bicyclic) bond motifs is 2. The number of aryl methyl sites for hydroxylation is 1. The minimum atomic E-state index is 0.0235. The van der Waals surface area contributed by atoms with Gasteiger partial charge in [-0.3, -0.25) is 9.97 Å². The van der Waals surface area contributed by atoms with Crippen molar-refractivity contribution in [2.45, 2.75) is 25.3 Å². The number of aromatic nitrogens is 3. The van der Waals surface area contributed by atoms with Crippen LogP contribution in [0.4, 0.5) is 22.7 Å². The fourth-order valence-corrected chi connectivity index (χ4v) is 4.46. The third-order valence-electron chi connectivity index (χ3n) is 6.23. The van der Waals surface area contributed by atoms with Gasteiger partial charge in [0.2, 0.25) is 11.9 Å². The number of rotatable bonds is 5. The van der Waals surface area contributed by atoms with Crippen LogP contribution in [0.15, 0.2) is 83.7 Å². The Hall–Kier alpha value is -4.70. The highest BCUT2D eigenvalue weighted by Crippen LogP contribution is 2.32. The highest BCUT2D eigenvalue weighted by molar-refractivity contribution is 5.82. The highest BCUT2D eigenvalue weighted by Gasteiger charge is 2.25. The highest BCUT2D eigenvalue weighted by atomic mass is 16.3. The number of hydrogen-bond acceptors (Lipinski definition) is 6. The molecule has 35 heavy (non-hydrogen) atoms. The van der Waals surface area contributed by atoms with Crippen LogP contribution in [0.3, 0.4) is 0 Å². The molecule has 0 aliphatic heterocycles. The molecule has 0 amide bonds. The summed E-state index contributed by atoms with van der Waals surface area (Å²) >= 11 is 0. The van der Waals surface area contributed by atoms with Crippen molar-refractivity contribution in [2.24, 2.45) is 0 Å². The average Bonchev–Trinajstić information content (AvgIpc) is 3.33. The second-order valence-corrected chi connectivity index (χ2v) is 8.58. The van der Waals surface area contributed by atoms with E-state index in [2.05, 4.69) is 25.4 Å². The normalized spacial score (nSPS) is 14.8. The molecule has 1 unspecified atom stereocenters. The second kappa shape index (κ2) is 8.92. The van der Waals surface area contributed by atoms with E-state index in [0.717, 1.165) is 64.3 Å². The molecule has 0 spiro atoms. The van der Waals surface area contributed by atoms with Crippen molar-refractivity contribution in [1.29, 1.82) is 0 Å². The fourth-order valence-electron chi connectivity index (χ4n) is 4.46. The zero-order valence-corrected chi connectivity index (χ0v) is 18.9. The maximum absolute atomic E-state index is 7.42. The standard InChI is InChI=1S/C28H22N6O/c1-29-20-5-7-24-23(16-20)25(11-14-31-24)33-22-6-8-26-27(17-22)35-28(34-26)18-3-2-4-21(15-18)32-19-9-12-30-13-10-19/h2-4,6,8-15,17,20H,5,7,16H2,(H,30,32)(H,31,33). The number of hydrogen-bond donors (Lipinski definition) is 2. The maximum atomic E-state index is 7.42. The monoisotopic (exact) mass is 458 g/mol. The summed E-state index contributed by atoms with van der Waals surface area (Å²) < 4.78 is 6.14. The van der Waals surface area contributed by atoms with Crippen LogP contribution in [-0.4, -0.2) is 21.0 Å². The van der Waals surface area contributed by atoms with Crippen molar-refractivity contribution in [3.63, 3.8) is 0 Å². The zero-order valence-electron chi connectivity index (χ0n) is 18.9. The van der Waals surface area contributed by atoms with Crippen LogP contribution in [0, 0.1) is 6.57 Å². The first-order valence-corrected chi connectivity index (χ1v) is 11.5. The van der Waals surface area contributed by atoms with Gasteiger partial charge < -0.3 is 19.9 Å². The third-order valence-corrected chi connectivity index (χ3v) is 6.23. The Labute approximate surface area is 202 Å². The topological polar surface area (TPSA) is 80.2 Å². The van der Waals surface area contributed by atoms with E-state index in [-0.39, 0.29) is 6.04 Å². The molecule has 3 aromatic heterocycles. The predicted octanol–water partition coefficient (Wildman–Crippen LogP) is 6.55. The molecule has 0 radical (unpaired) electrons. The molecule has 0 bridgehead atoms. The summed E-state index contributed by atoms with van der Waals surface area (Å²) in [5.74, 6) is 0.566. The SMILES string of the molecule is [C-]#[N+]C1CCc2nccc(Nc3ccc4nc(-c5cccc(Nc6ccncc6)c5)oc4c3)c2C1. The van der Waals surface area contributed by atoms with Crippen LogP contribution in [-0.2, 0) is 12.8 Å². The Morgan fingerprint density at radius 2 is 1.80 bits per heavy atom. The van der Waals surface area contributed by atoms with Gasteiger partial charge in [-0.2, -0.15) is 0 Å². The van der Waals surface area contributed by atoms with Gasteiger partial charge in [0.05, 0.1) is 6.42 Å². The first kappa shape index (κ1) is 20.9. The molecule has 2 aromatic carbocycles. The van der Waals surface area contributed by atoms with Gasteiger partial charge in [0.1, 0.15) is 5.52 Å². The number of benzene rings is 2. The molecular weight excluding hydrogens is 436 g/mol. The van der Waals surface area contributed by atoms with Crippen molar-refractivity contribution in [2.75, 3.05) is 10.6 Å². The molecule has 1 aliphatic carbocycles. The Bertz CT molecular complexity index is 1550. The molecule has 0 saturated heterocycles. The minimum absolute atomic E-state index is 0.0235. The quantitative estimate of drug-likeness (QED) is 0.291. The molecule has 6 rings (SSSR count). The van der Waals surface area contributed by atoms with Crippen molar-refractivity contribution in [3.05, 3.63) is 102 Å². The van der Waals surface area contributed by atoms with Crippen molar-refractivity contribution >= 4 is 33.8 Å². The van der Waals surface area contributed by atoms with Gasteiger partial charge in [0.25, 0.3) is 0 Å². The average molecular weight is 459 g/mol. The lowest BCUT2D eigenvalue weighted by atomic mass is 9.91. The zero-order chi connectivity index (χ0) is 23.6. The molecule has 7 nitrogen and oxygen atoms in total. The van der Waals surface area contributed by atoms with Crippen LogP contribution >= 0.6 is 0 Å². The van der Waals surface area contributed by atoms with Gasteiger partial charge in [-0.15, -0.1) is 0 Å². The summed E-state index contributed by atoms with van der Waals surface area (Å²) in [7, 11) is 0. The van der Waals surface area contributed by atoms with E-state index in [4.69, 9.17) is 16.0 Å². The molecule has 5 aromatic rings. The summed E-state index contributed by atoms with van der Waals surface area (Å²) in [6.45, 7) is 7.42. The Balaban J connectivity index is 1.27. The van der Waals surface area contributed by atoms with Gasteiger partial charge in [-0.1, -0.05) is 6.07 Å². The molecule has 3 heterocycles. The van der Waals surface area contributed by atoms with Crippen LogP contribution in [0.1, 0.15) is 17.7 Å². The lowest BCUT2D eigenvalue weighted by Crippen LogP contribution is -2.18. The molecule has 0 saturated carbocycles. The Morgan fingerprint density at radius 1 is 0.914 bits per heavy atom. The van der Waals surface area contributed by atoms with Crippen LogP contribution in [0.25, 0.3) is 27.4 Å². The molecule has 1 atom stereocenters. The summed E-state index contributed by atoms with van der Waals surface area (Å²) in [4.78, 5) is 17.0. The summed E-state index contributed by atoms with van der Waals surface area (Å²) in [5, 5.41) is 6.88. The van der Waals surface area contributed by atoms with E-state index in [0.29, 0.717) is 11.5 Å². The minimum Gasteiger partial charge on any atom is -0.436 e. The first-order chi connectivity index (χ1) is 17.2. The number of oxazole rings is 1. The number of nitrogens with zero attached hydrogens (tertiary/aromatic N) is 4. The first-order valence-electron chi connectivity index (χ1n) is 11.5. The summed E-state index contributed by atoms with van der Waals surface area (Å²) in [6.07, 6.45) is 7.79. The van der Waals surface area contributed by atoms with Gasteiger partial charge in [0, 0.05) is 70.6 Å². The second-order valence-electron chi connectivity index (χ2n) is 8.58. The molecular formula is C28H22N6O. The molecule has 170 valence electrons. The number of nitrogens with one attached hydrogen (secondary N) is 2. The summed E-state index contributed by atoms with van der Waals surface area (Å²) in [6, 6.07) is 19.7. The van der Waals surface area contributed by atoms with Crippen molar-refractivity contribution in [1.82, 2.24) is 15.0 Å². The van der Waals surface area contributed by atoms with Crippen molar-refractivity contribution in [3.8, 4) is 11.5 Å². The lowest BCUT2D eigenvalue weighted by Gasteiger charge is -2.20. The lowest BCUT2D eigenvalue weighted by molar-refractivity contribution is 0.620. The smallest absolute Gasteiger partial charge is 0.228 e. The molecule has 7 heteroatoms. The van der Waals surface area contributed by atoms with Crippen LogP contribution in [0.5, 0.6) is 0 Å². The van der Waals surface area contributed by atoms with Gasteiger partial charge in [0.15, 0.2) is 5.58 Å². The largest absolute Gasteiger partial charge is 0.436 e. The van der Waals surface area contributed by atoms with E-state index in [9.17, 15) is 0 Å². The van der Waals surface area contributed by atoms with E-state index in [1.807, 2.05) is 66.9 Å². The molecule has 1 aliphatic rings. The van der Waals surface area contributed by atoms with Crippen molar-refractivity contribution < 1.29 is 4.42 Å². The van der Waals surface area contributed by atoms with Crippen LogP contribution in [0.2, 0.25) is 0 Å². The maximum Gasteiger partial charge on any atom is 0.228 e. The van der Waals surface area contributed by atoms with E-state index in [1.165, 1.54) is 0 Å².